The predicted molar refractivity (Wildman–Crippen MR) is 142 cm³/mol. The van der Waals surface area contributed by atoms with Crippen LogP contribution >= 0.6 is 0 Å². The summed E-state index contributed by atoms with van der Waals surface area (Å²) in [4.78, 5) is 29.6. The fourth-order valence-corrected chi connectivity index (χ4v) is 5.88. The number of benzene rings is 3. The number of rotatable bonds is 8. The van der Waals surface area contributed by atoms with Crippen LogP contribution in [0.3, 0.4) is 0 Å². The number of carbonyl (C=O) groups excluding carboxylic acids is 1. The molecule has 2 amide bonds. The van der Waals surface area contributed by atoms with Gasteiger partial charge in [0.1, 0.15) is 6.04 Å². The van der Waals surface area contributed by atoms with Gasteiger partial charge >= 0.3 is 6.09 Å². The van der Waals surface area contributed by atoms with Crippen LogP contribution in [0.5, 0.6) is 0 Å². The largest absolute Gasteiger partial charge is 0.465 e. The van der Waals surface area contributed by atoms with Crippen LogP contribution in [0.2, 0.25) is 0 Å². The van der Waals surface area contributed by atoms with E-state index < -0.39 is 29.9 Å². The summed E-state index contributed by atoms with van der Waals surface area (Å²) in [5, 5.41) is 25.6. The van der Waals surface area contributed by atoms with Gasteiger partial charge in [0.25, 0.3) is 0 Å². The molecule has 0 unspecified atom stereocenters. The van der Waals surface area contributed by atoms with Gasteiger partial charge in [-0.2, -0.15) is 0 Å². The van der Waals surface area contributed by atoms with Crippen LogP contribution in [-0.4, -0.2) is 51.0 Å². The molecule has 5 rings (SSSR count). The molecule has 0 bridgehead atoms. The molecule has 2 fully saturated rings. The zero-order valence-electron chi connectivity index (χ0n) is 20.7. The van der Waals surface area contributed by atoms with Gasteiger partial charge in [0.2, 0.25) is 5.91 Å². The number of hydrogen-bond acceptors (Lipinski definition) is 4. The highest BCUT2D eigenvalue weighted by Gasteiger charge is 2.55. The molecule has 3 aromatic rings. The molecule has 3 aromatic carbocycles. The normalized spacial score (nSPS) is 20.2. The van der Waals surface area contributed by atoms with E-state index in [0.29, 0.717) is 12.2 Å². The van der Waals surface area contributed by atoms with E-state index in [1.54, 1.807) is 24.3 Å². The third-order valence-corrected chi connectivity index (χ3v) is 7.68. The van der Waals surface area contributed by atoms with Gasteiger partial charge in [0.15, 0.2) is 0 Å². The minimum absolute atomic E-state index is 0.185. The van der Waals surface area contributed by atoms with Crippen LogP contribution in [0, 0.1) is 0 Å². The number of hydrogen-bond donors (Lipinski definition) is 3. The number of amides is 2. The predicted octanol–water partition coefficient (Wildman–Crippen LogP) is 4.41. The molecule has 1 heterocycles. The summed E-state index contributed by atoms with van der Waals surface area (Å²) in [6.45, 7) is 0.445. The van der Waals surface area contributed by atoms with Gasteiger partial charge in [-0.1, -0.05) is 78.9 Å². The SMILES string of the molecule is O=C(O)N(c1ccccc1)[C@@H](Cc1ccccc1)[C@@H](O)[C@@H]1NC2(CCCC2)N(Cc2ccccc2)C1=O. The van der Waals surface area contributed by atoms with Crippen molar-refractivity contribution in [1.82, 2.24) is 10.2 Å². The lowest BCUT2D eigenvalue weighted by Gasteiger charge is -2.36. The summed E-state index contributed by atoms with van der Waals surface area (Å²) in [5.41, 5.74) is 1.83. The maximum absolute atomic E-state index is 13.9. The Bertz CT molecular complexity index is 1200. The summed E-state index contributed by atoms with van der Waals surface area (Å²) in [7, 11) is 0. The van der Waals surface area contributed by atoms with E-state index in [2.05, 4.69) is 5.32 Å². The smallest absolute Gasteiger partial charge is 0.412 e. The third-order valence-electron chi connectivity index (χ3n) is 7.68. The van der Waals surface area contributed by atoms with Gasteiger partial charge in [-0.3, -0.25) is 15.0 Å². The van der Waals surface area contributed by atoms with Crippen molar-refractivity contribution < 1.29 is 19.8 Å². The van der Waals surface area contributed by atoms with Crippen molar-refractivity contribution in [3.8, 4) is 0 Å². The number of aliphatic hydroxyl groups is 1. The number of aliphatic hydroxyl groups excluding tert-OH is 1. The molecule has 3 N–H and O–H groups in total. The first kappa shape index (κ1) is 25.0. The molecule has 2 aliphatic rings. The van der Waals surface area contributed by atoms with Crippen molar-refractivity contribution in [2.45, 2.75) is 62.5 Å². The lowest BCUT2D eigenvalue weighted by atomic mass is 9.94. The fourth-order valence-electron chi connectivity index (χ4n) is 5.88. The molecule has 7 nitrogen and oxygen atoms in total. The second kappa shape index (κ2) is 10.7. The van der Waals surface area contributed by atoms with E-state index in [4.69, 9.17) is 0 Å². The topological polar surface area (TPSA) is 93.1 Å². The minimum Gasteiger partial charge on any atom is -0.465 e. The summed E-state index contributed by atoms with van der Waals surface area (Å²) in [5.74, 6) is -0.185. The van der Waals surface area contributed by atoms with E-state index in [1.807, 2.05) is 71.6 Å². The Labute approximate surface area is 217 Å². The van der Waals surface area contributed by atoms with Gasteiger partial charge in [-0.25, -0.2) is 4.79 Å². The average Bonchev–Trinajstić information content (AvgIpc) is 3.50. The first-order valence-electron chi connectivity index (χ1n) is 12.9. The highest BCUT2D eigenvalue weighted by atomic mass is 16.4. The maximum atomic E-state index is 13.9. The van der Waals surface area contributed by atoms with Gasteiger partial charge in [-0.15, -0.1) is 0 Å². The molecule has 0 radical (unpaired) electrons. The number of nitrogens with zero attached hydrogens (tertiary/aromatic N) is 2. The summed E-state index contributed by atoms with van der Waals surface area (Å²) >= 11 is 0. The lowest BCUT2D eigenvalue weighted by molar-refractivity contribution is -0.134. The van der Waals surface area contributed by atoms with Crippen molar-refractivity contribution in [1.29, 1.82) is 0 Å². The molecule has 1 spiro atoms. The maximum Gasteiger partial charge on any atom is 0.412 e. The van der Waals surface area contributed by atoms with E-state index in [-0.39, 0.29) is 12.3 Å². The van der Waals surface area contributed by atoms with Crippen molar-refractivity contribution in [2.75, 3.05) is 4.90 Å². The summed E-state index contributed by atoms with van der Waals surface area (Å²) in [6, 6.07) is 26.3. The Hall–Kier alpha value is -3.68. The molecule has 192 valence electrons. The summed E-state index contributed by atoms with van der Waals surface area (Å²) < 4.78 is 0. The number of nitrogens with one attached hydrogen (secondary N) is 1. The van der Waals surface area contributed by atoms with Crippen LogP contribution in [0.15, 0.2) is 91.0 Å². The molecule has 1 aliphatic heterocycles. The third kappa shape index (κ3) is 5.10. The first-order valence-corrected chi connectivity index (χ1v) is 12.9. The van der Waals surface area contributed by atoms with Crippen LogP contribution in [-0.2, 0) is 17.8 Å². The monoisotopic (exact) mass is 499 g/mol. The molecule has 37 heavy (non-hydrogen) atoms. The van der Waals surface area contributed by atoms with Crippen LogP contribution in [0.4, 0.5) is 10.5 Å². The molecular formula is C30H33N3O4. The average molecular weight is 500 g/mol. The zero-order chi connectivity index (χ0) is 25.8. The van der Waals surface area contributed by atoms with Crippen molar-refractivity contribution >= 4 is 17.7 Å². The molecule has 1 saturated heterocycles. The molecule has 1 saturated carbocycles. The van der Waals surface area contributed by atoms with Gasteiger partial charge in [0, 0.05) is 12.2 Å². The Balaban J connectivity index is 1.50. The number of para-hydroxylation sites is 1. The van der Waals surface area contributed by atoms with Crippen LogP contribution < -0.4 is 10.2 Å². The van der Waals surface area contributed by atoms with Crippen molar-refractivity contribution in [3.63, 3.8) is 0 Å². The van der Waals surface area contributed by atoms with Gasteiger partial charge in [0.05, 0.1) is 17.8 Å². The van der Waals surface area contributed by atoms with E-state index in [1.165, 1.54) is 4.90 Å². The number of carboxylic acid groups (broad SMARTS) is 1. The molecule has 1 aliphatic carbocycles. The molecule has 7 heteroatoms. The van der Waals surface area contributed by atoms with Gasteiger partial charge < -0.3 is 15.1 Å². The number of anilines is 1. The van der Waals surface area contributed by atoms with E-state index in [9.17, 15) is 19.8 Å². The Morgan fingerprint density at radius 1 is 0.919 bits per heavy atom. The molecule has 3 atom stereocenters. The quantitative estimate of drug-likeness (QED) is 0.427. The van der Waals surface area contributed by atoms with Gasteiger partial charge in [-0.05, 0) is 55.4 Å². The Morgan fingerprint density at radius 2 is 1.46 bits per heavy atom. The van der Waals surface area contributed by atoms with E-state index in [0.717, 1.165) is 36.8 Å². The van der Waals surface area contributed by atoms with Crippen molar-refractivity contribution in [2.24, 2.45) is 0 Å². The first-order chi connectivity index (χ1) is 18.0. The Kier molecular flexibility index (Phi) is 7.26. The highest BCUT2D eigenvalue weighted by molar-refractivity contribution is 5.89. The minimum atomic E-state index is -1.26. The standard InChI is InChI=1S/C30H33N3O4/c34-27(25(20-22-12-4-1-5-13-22)33(29(36)37)24-16-8-3-9-17-24)26-28(35)32(21-23-14-6-2-7-15-23)30(31-26)18-10-11-19-30/h1-9,12-17,25-27,31,34H,10-11,18-21H2,(H,36,37)/t25-,26-,27+/m0/s1. The molecular weight excluding hydrogens is 466 g/mol. The van der Waals surface area contributed by atoms with E-state index >= 15 is 0 Å². The Morgan fingerprint density at radius 3 is 2.03 bits per heavy atom. The number of carbonyl (C=O) groups is 2. The summed E-state index contributed by atoms with van der Waals surface area (Å²) in [6.07, 6.45) is 1.43. The highest BCUT2D eigenvalue weighted by Crippen LogP contribution is 2.40. The lowest BCUT2D eigenvalue weighted by Crippen LogP contribution is -2.57. The van der Waals surface area contributed by atoms with Crippen LogP contribution in [0.1, 0.15) is 36.8 Å². The zero-order valence-corrected chi connectivity index (χ0v) is 20.7. The fraction of sp³-hybridized carbons (Fsp3) is 0.333. The second-order valence-corrected chi connectivity index (χ2v) is 10.0. The molecule has 0 aromatic heterocycles. The van der Waals surface area contributed by atoms with Crippen molar-refractivity contribution in [3.05, 3.63) is 102 Å². The van der Waals surface area contributed by atoms with Crippen LogP contribution in [0.25, 0.3) is 0 Å². The second-order valence-electron chi connectivity index (χ2n) is 10.0.